The van der Waals surface area contributed by atoms with E-state index in [4.69, 9.17) is 9.47 Å². The highest BCUT2D eigenvalue weighted by Crippen LogP contribution is 2.23. The van der Waals surface area contributed by atoms with Crippen molar-refractivity contribution in [2.45, 2.75) is 12.1 Å². The summed E-state index contributed by atoms with van der Waals surface area (Å²) in [6.07, 6.45) is -0.560. The molecule has 2 unspecified atom stereocenters. The smallest absolute Gasteiger partial charge is 0.242 e. The SMILES string of the molecule is O=C(NCC1CS(=O)(=O)CCO1)C(c1cccc(F)c1)N1CCOCC1. The van der Waals surface area contributed by atoms with Crippen molar-refractivity contribution >= 4 is 15.7 Å². The monoisotopic (exact) mass is 386 g/mol. The lowest BCUT2D eigenvalue weighted by Gasteiger charge is -2.34. The maximum absolute atomic E-state index is 13.7. The summed E-state index contributed by atoms with van der Waals surface area (Å²) >= 11 is 0. The zero-order chi connectivity index (χ0) is 18.6. The molecule has 0 aliphatic carbocycles. The van der Waals surface area contributed by atoms with E-state index in [1.807, 2.05) is 4.90 Å². The molecule has 3 rings (SSSR count). The highest BCUT2D eigenvalue weighted by atomic mass is 32.2. The molecule has 2 heterocycles. The Bertz CT molecular complexity index is 736. The molecule has 0 aromatic heterocycles. The Balaban J connectivity index is 1.70. The Kier molecular flexibility index (Phi) is 6.23. The molecule has 0 saturated carbocycles. The fourth-order valence-electron chi connectivity index (χ4n) is 3.23. The maximum Gasteiger partial charge on any atom is 0.242 e. The Labute approximate surface area is 152 Å². The van der Waals surface area contributed by atoms with Crippen LogP contribution in [0.25, 0.3) is 0 Å². The second kappa shape index (κ2) is 8.43. The predicted molar refractivity (Wildman–Crippen MR) is 92.9 cm³/mol. The number of halogens is 1. The summed E-state index contributed by atoms with van der Waals surface area (Å²) in [5, 5.41) is 2.77. The van der Waals surface area contributed by atoms with Crippen LogP contribution in [0.15, 0.2) is 24.3 Å². The van der Waals surface area contributed by atoms with Crippen LogP contribution < -0.4 is 5.32 Å². The molecule has 7 nitrogen and oxygen atoms in total. The van der Waals surface area contributed by atoms with Gasteiger partial charge in [0.15, 0.2) is 9.84 Å². The summed E-state index contributed by atoms with van der Waals surface area (Å²) in [5.41, 5.74) is 0.557. The van der Waals surface area contributed by atoms with E-state index in [0.29, 0.717) is 31.9 Å². The van der Waals surface area contributed by atoms with E-state index in [1.165, 1.54) is 12.1 Å². The van der Waals surface area contributed by atoms with E-state index in [-0.39, 0.29) is 30.6 Å². The molecule has 2 aliphatic heterocycles. The Hall–Kier alpha value is -1.55. The Morgan fingerprint density at radius 1 is 1.31 bits per heavy atom. The molecule has 0 bridgehead atoms. The number of carbonyl (C=O) groups is 1. The number of nitrogens with zero attached hydrogens (tertiary/aromatic N) is 1. The van der Waals surface area contributed by atoms with Crippen LogP contribution in [0.3, 0.4) is 0 Å². The predicted octanol–water partition coefficient (Wildman–Crippen LogP) is 0.129. The first-order chi connectivity index (χ1) is 12.4. The van der Waals surface area contributed by atoms with Gasteiger partial charge in [0.05, 0.1) is 37.4 Å². The van der Waals surface area contributed by atoms with Crippen LogP contribution in [0.4, 0.5) is 4.39 Å². The van der Waals surface area contributed by atoms with E-state index in [9.17, 15) is 17.6 Å². The number of amides is 1. The fraction of sp³-hybridized carbons (Fsp3) is 0.588. The van der Waals surface area contributed by atoms with Crippen LogP contribution in [0.1, 0.15) is 11.6 Å². The largest absolute Gasteiger partial charge is 0.379 e. The topological polar surface area (TPSA) is 84.9 Å². The number of ether oxygens (including phenoxy) is 2. The zero-order valence-electron chi connectivity index (χ0n) is 14.4. The van der Waals surface area contributed by atoms with Gasteiger partial charge in [0.25, 0.3) is 0 Å². The van der Waals surface area contributed by atoms with E-state index in [2.05, 4.69) is 5.32 Å². The van der Waals surface area contributed by atoms with Crippen LogP contribution in [0.2, 0.25) is 0 Å². The molecule has 1 aromatic carbocycles. The number of rotatable bonds is 5. The summed E-state index contributed by atoms with van der Waals surface area (Å²) in [6.45, 7) is 2.37. The van der Waals surface area contributed by atoms with E-state index in [0.717, 1.165) is 0 Å². The quantitative estimate of drug-likeness (QED) is 0.774. The molecule has 144 valence electrons. The minimum atomic E-state index is -3.13. The number of carbonyl (C=O) groups excluding carboxylic acids is 1. The van der Waals surface area contributed by atoms with Crippen LogP contribution in [0, 0.1) is 5.82 Å². The summed E-state index contributed by atoms with van der Waals surface area (Å²) < 4.78 is 47.8. The van der Waals surface area contributed by atoms with Crippen LogP contribution >= 0.6 is 0 Å². The van der Waals surface area contributed by atoms with E-state index < -0.39 is 27.8 Å². The van der Waals surface area contributed by atoms with Gasteiger partial charge in [0, 0.05) is 19.6 Å². The zero-order valence-corrected chi connectivity index (χ0v) is 15.2. The number of morpholine rings is 1. The van der Waals surface area contributed by atoms with Crippen LogP contribution in [-0.2, 0) is 24.1 Å². The molecule has 2 saturated heterocycles. The fourth-order valence-corrected chi connectivity index (χ4v) is 4.52. The molecule has 26 heavy (non-hydrogen) atoms. The van der Waals surface area contributed by atoms with Gasteiger partial charge in [-0.2, -0.15) is 0 Å². The van der Waals surface area contributed by atoms with Gasteiger partial charge in [-0.25, -0.2) is 12.8 Å². The second-order valence-corrected chi connectivity index (χ2v) is 8.69. The number of nitrogens with one attached hydrogen (secondary N) is 1. The van der Waals surface area contributed by atoms with E-state index in [1.54, 1.807) is 12.1 Å². The van der Waals surface area contributed by atoms with Crippen molar-refractivity contribution in [2.75, 3.05) is 51.0 Å². The molecule has 0 radical (unpaired) electrons. The van der Waals surface area contributed by atoms with Gasteiger partial charge in [0.2, 0.25) is 5.91 Å². The van der Waals surface area contributed by atoms with Crippen LogP contribution in [0.5, 0.6) is 0 Å². The average molecular weight is 386 g/mol. The third-order valence-electron chi connectivity index (χ3n) is 4.52. The Morgan fingerprint density at radius 3 is 2.77 bits per heavy atom. The second-order valence-electron chi connectivity index (χ2n) is 6.46. The summed E-state index contributed by atoms with van der Waals surface area (Å²) in [4.78, 5) is 14.8. The lowest BCUT2D eigenvalue weighted by Crippen LogP contribution is -2.48. The molecular formula is C17H23FN2O5S. The van der Waals surface area contributed by atoms with Gasteiger partial charge in [-0.3, -0.25) is 9.69 Å². The first-order valence-corrected chi connectivity index (χ1v) is 10.4. The van der Waals surface area contributed by atoms with Gasteiger partial charge >= 0.3 is 0 Å². The van der Waals surface area contributed by atoms with Crippen molar-refractivity contribution in [2.24, 2.45) is 0 Å². The van der Waals surface area contributed by atoms with Crippen LogP contribution in [-0.4, -0.2) is 76.3 Å². The standard InChI is InChI=1S/C17H23FN2O5S/c18-14-3-1-2-13(10-14)16(20-4-6-24-7-5-20)17(21)19-11-15-12-26(22,23)9-8-25-15/h1-3,10,15-16H,4-9,11-12H2,(H,19,21). The molecular weight excluding hydrogens is 363 g/mol. The highest BCUT2D eigenvalue weighted by molar-refractivity contribution is 7.91. The number of benzene rings is 1. The Morgan fingerprint density at radius 2 is 2.08 bits per heavy atom. The number of sulfone groups is 1. The number of hydrogen-bond donors (Lipinski definition) is 1. The molecule has 2 aliphatic rings. The van der Waals surface area contributed by atoms with Gasteiger partial charge in [-0.15, -0.1) is 0 Å². The summed E-state index contributed by atoms with van der Waals surface area (Å²) in [6, 6.07) is 5.31. The molecule has 1 amide bonds. The van der Waals surface area contributed by atoms with Crippen molar-refractivity contribution in [3.05, 3.63) is 35.6 Å². The molecule has 1 N–H and O–H groups in total. The molecule has 9 heteroatoms. The van der Waals surface area contributed by atoms with Crippen molar-refractivity contribution in [1.82, 2.24) is 10.2 Å². The first kappa shape index (κ1) is 19.2. The number of hydrogen-bond acceptors (Lipinski definition) is 6. The molecule has 2 fully saturated rings. The van der Waals surface area contributed by atoms with Crippen molar-refractivity contribution < 1.29 is 27.1 Å². The molecule has 1 aromatic rings. The normalized spacial score (nSPS) is 24.7. The van der Waals surface area contributed by atoms with Crippen molar-refractivity contribution in [3.63, 3.8) is 0 Å². The van der Waals surface area contributed by atoms with E-state index >= 15 is 0 Å². The summed E-state index contributed by atoms with van der Waals surface area (Å²) in [5.74, 6) is -0.800. The molecule has 2 atom stereocenters. The highest BCUT2D eigenvalue weighted by Gasteiger charge is 2.31. The third kappa shape index (κ3) is 5.00. The van der Waals surface area contributed by atoms with Gasteiger partial charge in [-0.1, -0.05) is 12.1 Å². The minimum Gasteiger partial charge on any atom is -0.379 e. The minimum absolute atomic E-state index is 0.0111. The van der Waals surface area contributed by atoms with Crippen molar-refractivity contribution in [3.8, 4) is 0 Å². The lowest BCUT2D eigenvalue weighted by atomic mass is 10.0. The third-order valence-corrected chi connectivity index (χ3v) is 6.18. The average Bonchev–Trinajstić information content (AvgIpc) is 2.60. The maximum atomic E-state index is 13.7. The van der Waals surface area contributed by atoms with Gasteiger partial charge in [0.1, 0.15) is 11.9 Å². The van der Waals surface area contributed by atoms with Gasteiger partial charge in [-0.05, 0) is 17.7 Å². The lowest BCUT2D eigenvalue weighted by molar-refractivity contribution is -0.129. The molecule has 0 spiro atoms. The first-order valence-electron chi connectivity index (χ1n) is 8.61. The summed E-state index contributed by atoms with van der Waals surface area (Å²) in [7, 11) is -3.13. The van der Waals surface area contributed by atoms with Crippen molar-refractivity contribution in [1.29, 1.82) is 0 Å². The van der Waals surface area contributed by atoms with Gasteiger partial charge < -0.3 is 14.8 Å².